The maximum absolute atomic E-state index is 13.1. The molecule has 0 aliphatic carbocycles. The third kappa shape index (κ3) is 2.43. The fraction of sp³-hybridized carbons (Fsp3) is 0.294. The molecule has 114 valence electrons. The Morgan fingerprint density at radius 3 is 2.41 bits per heavy atom. The van der Waals surface area contributed by atoms with Gasteiger partial charge in [-0.25, -0.2) is 9.37 Å². The van der Waals surface area contributed by atoms with Gasteiger partial charge in [0.25, 0.3) is 0 Å². The van der Waals surface area contributed by atoms with E-state index in [0.717, 1.165) is 28.3 Å². The van der Waals surface area contributed by atoms with Gasteiger partial charge in [-0.15, -0.1) is 0 Å². The van der Waals surface area contributed by atoms with E-state index in [1.807, 2.05) is 13.1 Å². The molecule has 3 aromatic rings. The fourth-order valence-electron chi connectivity index (χ4n) is 2.36. The summed E-state index contributed by atoms with van der Waals surface area (Å²) in [7, 11) is 1.86. The van der Waals surface area contributed by atoms with Gasteiger partial charge in [-0.1, -0.05) is 32.9 Å². The van der Waals surface area contributed by atoms with Gasteiger partial charge in [-0.3, -0.25) is 0 Å². The van der Waals surface area contributed by atoms with Crippen molar-refractivity contribution in [2.75, 3.05) is 12.4 Å². The van der Waals surface area contributed by atoms with Gasteiger partial charge in [-0.2, -0.15) is 9.61 Å². The van der Waals surface area contributed by atoms with Gasteiger partial charge < -0.3 is 5.32 Å². The number of benzene rings is 1. The number of halogens is 1. The minimum absolute atomic E-state index is 0.0717. The molecular weight excluding hydrogens is 279 g/mol. The monoisotopic (exact) mass is 298 g/mol. The summed E-state index contributed by atoms with van der Waals surface area (Å²) in [6, 6.07) is 8.40. The second-order valence-corrected chi connectivity index (χ2v) is 6.33. The number of rotatable bonds is 2. The van der Waals surface area contributed by atoms with Crippen LogP contribution in [-0.4, -0.2) is 21.6 Å². The van der Waals surface area contributed by atoms with Crippen molar-refractivity contribution in [1.29, 1.82) is 0 Å². The maximum atomic E-state index is 13.1. The molecule has 0 amide bonds. The molecule has 2 heterocycles. The van der Waals surface area contributed by atoms with Crippen molar-refractivity contribution in [3.63, 3.8) is 0 Å². The topological polar surface area (TPSA) is 42.2 Å². The smallest absolute Gasteiger partial charge is 0.165 e. The molecule has 0 spiro atoms. The van der Waals surface area contributed by atoms with E-state index in [-0.39, 0.29) is 11.2 Å². The molecule has 0 aliphatic rings. The third-order valence-corrected chi connectivity index (χ3v) is 3.65. The number of hydrogen-bond acceptors (Lipinski definition) is 3. The summed E-state index contributed by atoms with van der Waals surface area (Å²) in [5.41, 5.74) is 3.47. The summed E-state index contributed by atoms with van der Waals surface area (Å²) in [4.78, 5) is 4.78. The highest BCUT2D eigenvalue weighted by atomic mass is 19.1. The molecule has 5 heteroatoms. The van der Waals surface area contributed by atoms with Crippen LogP contribution < -0.4 is 5.32 Å². The van der Waals surface area contributed by atoms with E-state index < -0.39 is 0 Å². The van der Waals surface area contributed by atoms with Crippen LogP contribution in [0.25, 0.3) is 16.8 Å². The second-order valence-electron chi connectivity index (χ2n) is 6.33. The van der Waals surface area contributed by atoms with Crippen molar-refractivity contribution in [2.24, 2.45) is 0 Å². The average Bonchev–Trinajstić information content (AvgIpc) is 2.90. The molecule has 0 fully saturated rings. The largest absolute Gasteiger partial charge is 0.373 e. The van der Waals surface area contributed by atoms with Gasteiger partial charge in [0, 0.05) is 24.1 Å². The number of hydrogen-bond donors (Lipinski definition) is 1. The standard InChI is InChI=1S/C17H19FN4/c1-17(2,3)14-9-15(19-4)22-16(21-14)13(10-20-22)11-5-7-12(18)8-6-11/h5-10,19H,1-4H3. The number of fused-ring (bicyclic) bond motifs is 1. The van der Waals surface area contributed by atoms with Crippen molar-refractivity contribution >= 4 is 11.5 Å². The number of anilines is 1. The minimum atomic E-state index is -0.250. The Balaban J connectivity index is 2.26. The third-order valence-electron chi connectivity index (χ3n) is 3.65. The molecule has 2 aromatic heterocycles. The lowest BCUT2D eigenvalue weighted by Gasteiger charge is -2.19. The van der Waals surface area contributed by atoms with E-state index in [2.05, 4.69) is 31.2 Å². The Morgan fingerprint density at radius 2 is 1.82 bits per heavy atom. The van der Waals surface area contributed by atoms with Crippen LogP contribution >= 0.6 is 0 Å². The molecule has 1 aromatic carbocycles. The Kier molecular flexibility index (Phi) is 3.35. The summed E-state index contributed by atoms with van der Waals surface area (Å²) >= 11 is 0. The molecule has 0 saturated carbocycles. The predicted molar refractivity (Wildman–Crippen MR) is 86.6 cm³/mol. The van der Waals surface area contributed by atoms with E-state index in [4.69, 9.17) is 4.98 Å². The van der Waals surface area contributed by atoms with Crippen LogP contribution in [0.5, 0.6) is 0 Å². The molecule has 3 rings (SSSR count). The molecule has 0 saturated heterocycles. The van der Waals surface area contributed by atoms with E-state index in [0.29, 0.717) is 0 Å². The summed E-state index contributed by atoms with van der Waals surface area (Å²) in [6.45, 7) is 6.37. The first-order chi connectivity index (χ1) is 10.4. The predicted octanol–water partition coefficient (Wildman–Crippen LogP) is 3.87. The second kappa shape index (κ2) is 5.09. The van der Waals surface area contributed by atoms with Gasteiger partial charge in [0.1, 0.15) is 11.6 Å². The fourth-order valence-corrected chi connectivity index (χ4v) is 2.36. The van der Waals surface area contributed by atoms with E-state index in [1.54, 1.807) is 22.8 Å². The normalized spacial score (nSPS) is 11.9. The lowest BCUT2D eigenvalue weighted by molar-refractivity contribution is 0.569. The van der Waals surface area contributed by atoms with Crippen molar-refractivity contribution in [3.05, 3.63) is 48.0 Å². The van der Waals surface area contributed by atoms with Gasteiger partial charge in [0.15, 0.2) is 5.65 Å². The Hall–Kier alpha value is -2.43. The zero-order chi connectivity index (χ0) is 15.9. The summed E-state index contributed by atoms with van der Waals surface area (Å²) < 4.78 is 14.9. The molecular formula is C17H19FN4. The zero-order valence-corrected chi connectivity index (χ0v) is 13.2. The molecule has 0 radical (unpaired) electrons. The molecule has 0 unspecified atom stereocenters. The summed E-state index contributed by atoms with van der Waals surface area (Å²) in [5.74, 6) is 0.628. The Morgan fingerprint density at radius 1 is 1.14 bits per heavy atom. The molecule has 0 atom stereocenters. The maximum Gasteiger partial charge on any atom is 0.165 e. The van der Waals surface area contributed by atoms with E-state index >= 15 is 0 Å². The first-order valence-corrected chi connectivity index (χ1v) is 7.23. The average molecular weight is 298 g/mol. The van der Waals surface area contributed by atoms with Crippen LogP contribution in [0.2, 0.25) is 0 Å². The van der Waals surface area contributed by atoms with Gasteiger partial charge in [-0.05, 0) is 17.7 Å². The lowest BCUT2D eigenvalue weighted by Crippen LogP contribution is -2.15. The van der Waals surface area contributed by atoms with Gasteiger partial charge in [0.2, 0.25) is 0 Å². The molecule has 0 bridgehead atoms. The van der Waals surface area contributed by atoms with Gasteiger partial charge in [0.05, 0.1) is 11.9 Å². The van der Waals surface area contributed by atoms with Crippen LogP contribution in [0.3, 0.4) is 0 Å². The van der Waals surface area contributed by atoms with Crippen LogP contribution in [0.15, 0.2) is 36.5 Å². The zero-order valence-electron chi connectivity index (χ0n) is 13.2. The number of aromatic nitrogens is 3. The van der Waals surface area contributed by atoms with Crippen LogP contribution in [0.1, 0.15) is 26.5 Å². The van der Waals surface area contributed by atoms with Crippen molar-refractivity contribution in [3.8, 4) is 11.1 Å². The Labute approximate surface area is 129 Å². The van der Waals surface area contributed by atoms with Crippen LogP contribution in [-0.2, 0) is 5.41 Å². The van der Waals surface area contributed by atoms with Crippen molar-refractivity contribution in [1.82, 2.24) is 14.6 Å². The van der Waals surface area contributed by atoms with Crippen LogP contribution in [0, 0.1) is 5.82 Å². The Bertz CT molecular complexity index is 813. The highest BCUT2D eigenvalue weighted by Gasteiger charge is 2.20. The summed E-state index contributed by atoms with van der Waals surface area (Å²) in [5, 5.41) is 7.57. The van der Waals surface area contributed by atoms with Crippen molar-refractivity contribution < 1.29 is 4.39 Å². The quantitative estimate of drug-likeness (QED) is 0.781. The van der Waals surface area contributed by atoms with Crippen LogP contribution in [0.4, 0.5) is 10.2 Å². The molecule has 4 nitrogen and oxygen atoms in total. The summed E-state index contributed by atoms with van der Waals surface area (Å²) in [6.07, 6.45) is 1.77. The van der Waals surface area contributed by atoms with E-state index in [9.17, 15) is 4.39 Å². The number of nitrogens with zero attached hydrogens (tertiary/aromatic N) is 3. The van der Waals surface area contributed by atoms with E-state index in [1.165, 1.54) is 12.1 Å². The molecule has 0 aliphatic heterocycles. The van der Waals surface area contributed by atoms with Gasteiger partial charge >= 0.3 is 0 Å². The highest BCUT2D eigenvalue weighted by Crippen LogP contribution is 2.29. The molecule has 1 N–H and O–H groups in total. The first-order valence-electron chi connectivity index (χ1n) is 7.23. The molecule has 22 heavy (non-hydrogen) atoms. The highest BCUT2D eigenvalue weighted by molar-refractivity contribution is 5.78. The first kappa shape index (κ1) is 14.5. The lowest BCUT2D eigenvalue weighted by atomic mass is 9.92. The SMILES string of the molecule is CNc1cc(C(C)(C)C)nc2c(-c3ccc(F)cc3)cnn12. The minimum Gasteiger partial charge on any atom is -0.373 e. The van der Waals surface area contributed by atoms with Crippen molar-refractivity contribution in [2.45, 2.75) is 26.2 Å². The number of nitrogens with one attached hydrogen (secondary N) is 1.